The van der Waals surface area contributed by atoms with Gasteiger partial charge >= 0.3 is 0 Å². The van der Waals surface area contributed by atoms with Crippen molar-refractivity contribution in [3.8, 4) is 11.5 Å². The Morgan fingerprint density at radius 3 is 1.84 bits per heavy atom. The van der Waals surface area contributed by atoms with Gasteiger partial charge in [-0.15, -0.1) is 0 Å². The van der Waals surface area contributed by atoms with Crippen LogP contribution in [-0.4, -0.2) is 18.0 Å². The summed E-state index contributed by atoms with van der Waals surface area (Å²) in [4.78, 5) is 11.1. The molecule has 0 aromatic heterocycles. The Morgan fingerprint density at radius 1 is 1.00 bits per heavy atom. The minimum Gasteiger partial charge on any atom is -0.491 e. The van der Waals surface area contributed by atoms with Crippen LogP contribution in [0.5, 0.6) is 11.5 Å². The summed E-state index contributed by atoms with van der Waals surface area (Å²) >= 11 is 0. The molecule has 3 heteroatoms. The average molecular weight is 264 g/mol. The number of carbonyl (C=O) groups is 1. The molecule has 0 amide bonds. The van der Waals surface area contributed by atoms with E-state index in [1.807, 2.05) is 45.9 Å². The maximum absolute atomic E-state index is 11.1. The van der Waals surface area contributed by atoms with E-state index < -0.39 is 0 Å². The first-order valence-electron chi connectivity index (χ1n) is 6.83. The van der Waals surface area contributed by atoms with Gasteiger partial charge in [0.2, 0.25) is 0 Å². The predicted octanol–water partition coefficient (Wildman–Crippen LogP) is 3.78. The van der Waals surface area contributed by atoms with E-state index in [4.69, 9.17) is 9.47 Å². The highest BCUT2D eigenvalue weighted by Crippen LogP contribution is 2.25. The average Bonchev–Trinajstić information content (AvgIpc) is 2.24. The summed E-state index contributed by atoms with van der Waals surface area (Å²) in [6.45, 7) is 9.58. The fourth-order valence-corrected chi connectivity index (χ4v) is 1.78. The van der Waals surface area contributed by atoms with E-state index in [1.165, 1.54) is 0 Å². The van der Waals surface area contributed by atoms with Crippen molar-refractivity contribution in [2.45, 2.75) is 59.7 Å². The molecule has 0 radical (unpaired) electrons. The Hall–Kier alpha value is -1.51. The molecule has 0 bridgehead atoms. The van der Waals surface area contributed by atoms with Crippen molar-refractivity contribution >= 4 is 5.78 Å². The minimum absolute atomic E-state index is 0.120. The van der Waals surface area contributed by atoms with E-state index in [1.54, 1.807) is 6.92 Å². The molecule has 0 unspecified atom stereocenters. The Balaban J connectivity index is 2.91. The molecule has 19 heavy (non-hydrogen) atoms. The number of Topliss-reactive ketones (excluding diaryl/α,β-unsaturated/α-hetero) is 1. The van der Waals surface area contributed by atoms with Gasteiger partial charge < -0.3 is 14.3 Å². The summed E-state index contributed by atoms with van der Waals surface area (Å²) < 4.78 is 11.4. The second kappa shape index (κ2) is 7.17. The van der Waals surface area contributed by atoms with Crippen molar-refractivity contribution in [3.05, 3.63) is 23.8 Å². The number of hydrogen-bond donors (Lipinski definition) is 0. The number of carbonyl (C=O) groups excluding carboxylic acids is 1. The second-order valence-corrected chi connectivity index (χ2v) is 5.35. The summed E-state index contributed by atoms with van der Waals surface area (Å²) in [5.74, 6) is 1.79. The first kappa shape index (κ1) is 15.5. The molecule has 0 heterocycles. The van der Waals surface area contributed by atoms with Gasteiger partial charge in [0, 0.05) is 12.5 Å². The molecule has 0 aliphatic carbocycles. The molecule has 3 nitrogen and oxygen atoms in total. The van der Waals surface area contributed by atoms with Crippen molar-refractivity contribution in [3.63, 3.8) is 0 Å². The van der Waals surface area contributed by atoms with Crippen LogP contribution in [0.25, 0.3) is 0 Å². The minimum atomic E-state index is 0.120. The molecule has 0 N–H and O–H groups in total. The van der Waals surface area contributed by atoms with Crippen molar-refractivity contribution in [1.82, 2.24) is 0 Å². The molecular formula is C16H24O3. The third-order valence-electron chi connectivity index (χ3n) is 2.45. The van der Waals surface area contributed by atoms with Crippen LogP contribution in [-0.2, 0) is 11.2 Å². The highest BCUT2D eigenvalue weighted by Gasteiger charge is 2.07. The molecule has 1 aromatic carbocycles. The second-order valence-electron chi connectivity index (χ2n) is 5.35. The van der Waals surface area contributed by atoms with Crippen LogP contribution in [0.4, 0.5) is 0 Å². The first-order chi connectivity index (χ1) is 8.86. The maximum atomic E-state index is 11.1. The summed E-state index contributed by atoms with van der Waals surface area (Å²) in [6.07, 6.45) is 1.51. The summed E-state index contributed by atoms with van der Waals surface area (Å²) in [6, 6.07) is 5.86. The molecule has 1 aromatic rings. The maximum Gasteiger partial charge on any atom is 0.130 e. The SMILES string of the molecule is CC(=O)CCc1cc(OC(C)C)cc(OC(C)C)c1. The Bertz CT molecular complexity index is 394. The molecule has 0 spiro atoms. The van der Waals surface area contributed by atoms with Gasteiger partial charge in [-0.25, -0.2) is 0 Å². The van der Waals surface area contributed by atoms with Crippen LogP contribution < -0.4 is 9.47 Å². The van der Waals surface area contributed by atoms with Gasteiger partial charge in [0.05, 0.1) is 12.2 Å². The molecule has 106 valence electrons. The van der Waals surface area contributed by atoms with Crippen LogP contribution in [0.2, 0.25) is 0 Å². The van der Waals surface area contributed by atoms with Crippen LogP contribution in [0, 0.1) is 0 Å². The fourth-order valence-electron chi connectivity index (χ4n) is 1.78. The zero-order valence-electron chi connectivity index (χ0n) is 12.5. The number of aryl methyl sites for hydroxylation is 1. The van der Waals surface area contributed by atoms with Gasteiger partial charge in [-0.2, -0.15) is 0 Å². The van der Waals surface area contributed by atoms with Crippen LogP contribution in [0.1, 0.15) is 46.6 Å². The van der Waals surface area contributed by atoms with Gasteiger partial charge in [-0.05, 0) is 58.7 Å². The number of rotatable bonds is 7. The molecule has 0 saturated heterocycles. The van der Waals surface area contributed by atoms with Crippen molar-refractivity contribution in [1.29, 1.82) is 0 Å². The third kappa shape index (κ3) is 6.27. The van der Waals surface area contributed by atoms with E-state index in [-0.39, 0.29) is 18.0 Å². The Labute approximate surface area is 115 Å². The summed E-state index contributed by atoms with van der Waals surface area (Å²) in [7, 11) is 0. The lowest BCUT2D eigenvalue weighted by molar-refractivity contribution is -0.116. The molecule has 0 fully saturated rings. The monoisotopic (exact) mass is 264 g/mol. The molecule has 0 aliphatic heterocycles. The zero-order valence-corrected chi connectivity index (χ0v) is 12.5. The van der Waals surface area contributed by atoms with E-state index in [0.717, 1.165) is 23.5 Å². The van der Waals surface area contributed by atoms with Crippen LogP contribution in [0.3, 0.4) is 0 Å². The van der Waals surface area contributed by atoms with Gasteiger partial charge in [0.25, 0.3) is 0 Å². The van der Waals surface area contributed by atoms with Crippen molar-refractivity contribution in [2.75, 3.05) is 0 Å². The molecule has 0 saturated carbocycles. The highest BCUT2D eigenvalue weighted by atomic mass is 16.5. The molecule has 0 aliphatic rings. The standard InChI is InChI=1S/C16H24O3/c1-11(2)18-15-8-14(7-6-13(5)17)9-16(10-15)19-12(3)4/h8-12H,6-7H2,1-5H3. The third-order valence-corrected chi connectivity index (χ3v) is 2.45. The van der Waals surface area contributed by atoms with E-state index in [9.17, 15) is 4.79 Å². The van der Waals surface area contributed by atoms with E-state index in [0.29, 0.717) is 6.42 Å². The van der Waals surface area contributed by atoms with Gasteiger partial charge in [0.15, 0.2) is 0 Å². The van der Waals surface area contributed by atoms with Crippen molar-refractivity contribution in [2.24, 2.45) is 0 Å². The molecule has 1 rings (SSSR count). The number of ether oxygens (including phenoxy) is 2. The van der Waals surface area contributed by atoms with E-state index in [2.05, 4.69) is 0 Å². The van der Waals surface area contributed by atoms with Crippen LogP contribution >= 0.6 is 0 Å². The smallest absolute Gasteiger partial charge is 0.130 e. The number of ketones is 1. The summed E-state index contributed by atoms with van der Waals surface area (Å²) in [5, 5.41) is 0. The lowest BCUT2D eigenvalue weighted by Crippen LogP contribution is -2.09. The van der Waals surface area contributed by atoms with Gasteiger partial charge in [-0.1, -0.05) is 0 Å². The zero-order chi connectivity index (χ0) is 14.4. The molecule has 0 atom stereocenters. The quantitative estimate of drug-likeness (QED) is 0.751. The Kier molecular flexibility index (Phi) is 5.87. The lowest BCUT2D eigenvalue weighted by atomic mass is 10.1. The summed E-state index contributed by atoms with van der Waals surface area (Å²) in [5.41, 5.74) is 1.07. The largest absolute Gasteiger partial charge is 0.491 e. The molecular weight excluding hydrogens is 240 g/mol. The highest BCUT2D eigenvalue weighted by molar-refractivity contribution is 5.75. The van der Waals surface area contributed by atoms with E-state index >= 15 is 0 Å². The normalized spacial score (nSPS) is 10.9. The fraction of sp³-hybridized carbons (Fsp3) is 0.562. The predicted molar refractivity (Wildman–Crippen MR) is 77.0 cm³/mol. The van der Waals surface area contributed by atoms with Gasteiger partial charge in [-0.3, -0.25) is 0 Å². The van der Waals surface area contributed by atoms with Crippen molar-refractivity contribution < 1.29 is 14.3 Å². The Morgan fingerprint density at radius 2 is 1.47 bits per heavy atom. The van der Waals surface area contributed by atoms with Crippen LogP contribution in [0.15, 0.2) is 18.2 Å². The lowest BCUT2D eigenvalue weighted by Gasteiger charge is -2.15. The topological polar surface area (TPSA) is 35.5 Å². The van der Waals surface area contributed by atoms with Gasteiger partial charge in [0.1, 0.15) is 17.3 Å². The number of hydrogen-bond acceptors (Lipinski definition) is 3. The first-order valence-corrected chi connectivity index (χ1v) is 6.83. The number of benzene rings is 1.